The maximum Gasteiger partial charge on any atom is 0.159 e. The van der Waals surface area contributed by atoms with Crippen LogP contribution < -0.4 is 0 Å². The van der Waals surface area contributed by atoms with Crippen molar-refractivity contribution in [3.63, 3.8) is 0 Å². The number of fused-ring (bicyclic) bond motifs is 1. The quantitative estimate of drug-likeness (QED) is 0.582. The molecular formula is C8H8ClN3. The third kappa shape index (κ3) is 0.898. The minimum Gasteiger partial charge on any atom is -0.237 e. The fourth-order valence-electron chi connectivity index (χ4n) is 1.13. The van der Waals surface area contributed by atoms with Crippen molar-refractivity contribution in [3.05, 3.63) is 28.7 Å². The Morgan fingerprint density at radius 2 is 2.17 bits per heavy atom. The molecule has 2 heterocycles. The van der Waals surface area contributed by atoms with Gasteiger partial charge in [-0.2, -0.15) is 5.10 Å². The molecule has 2 rings (SSSR count). The molecule has 0 saturated heterocycles. The van der Waals surface area contributed by atoms with Crippen molar-refractivity contribution >= 4 is 17.2 Å². The Labute approximate surface area is 75.0 Å². The van der Waals surface area contributed by atoms with Gasteiger partial charge in [0.2, 0.25) is 0 Å². The number of aromatic nitrogens is 3. The molecule has 0 saturated carbocycles. The van der Waals surface area contributed by atoms with Crippen LogP contribution in [0.2, 0.25) is 5.15 Å². The van der Waals surface area contributed by atoms with Crippen LogP contribution in [0.4, 0.5) is 0 Å². The molecule has 4 heteroatoms. The maximum atomic E-state index is 5.90. The van der Waals surface area contributed by atoms with Gasteiger partial charge in [0.25, 0.3) is 0 Å². The van der Waals surface area contributed by atoms with Gasteiger partial charge in [-0.15, -0.1) is 0 Å². The Morgan fingerprint density at radius 1 is 1.42 bits per heavy atom. The summed E-state index contributed by atoms with van der Waals surface area (Å²) in [6.45, 7) is 3.93. The molecule has 0 aliphatic heterocycles. The lowest BCUT2D eigenvalue weighted by Gasteiger charge is -1.93. The average Bonchev–Trinajstić information content (AvgIpc) is 2.32. The van der Waals surface area contributed by atoms with Crippen LogP contribution in [0, 0.1) is 13.8 Å². The second-order valence-electron chi connectivity index (χ2n) is 2.71. The molecule has 2 aromatic rings. The summed E-state index contributed by atoms with van der Waals surface area (Å²) in [4.78, 5) is 4.18. The molecule has 0 aliphatic carbocycles. The van der Waals surface area contributed by atoms with Gasteiger partial charge < -0.3 is 0 Å². The van der Waals surface area contributed by atoms with Gasteiger partial charge in [0.05, 0.1) is 5.69 Å². The fourth-order valence-corrected chi connectivity index (χ4v) is 1.31. The SMILES string of the molecule is Cc1nn2c(Cl)ccnc2c1C. The summed E-state index contributed by atoms with van der Waals surface area (Å²) >= 11 is 5.90. The van der Waals surface area contributed by atoms with E-state index in [1.165, 1.54) is 0 Å². The largest absolute Gasteiger partial charge is 0.237 e. The number of nitrogens with zero attached hydrogens (tertiary/aromatic N) is 3. The minimum absolute atomic E-state index is 0.594. The monoisotopic (exact) mass is 181 g/mol. The lowest BCUT2D eigenvalue weighted by Crippen LogP contribution is -1.90. The summed E-state index contributed by atoms with van der Waals surface area (Å²) in [6, 6.07) is 1.72. The van der Waals surface area contributed by atoms with Gasteiger partial charge in [0, 0.05) is 11.8 Å². The molecule has 0 aliphatic rings. The maximum absolute atomic E-state index is 5.90. The highest BCUT2D eigenvalue weighted by molar-refractivity contribution is 6.29. The predicted molar refractivity (Wildman–Crippen MR) is 47.5 cm³/mol. The topological polar surface area (TPSA) is 30.2 Å². The van der Waals surface area contributed by atoms with Gasteiger partial charge in [-0.05, 0) is 19.9 Å². The molecule has 2 aromatic heterocycles. The normalized spacial score (nSPS) is 10.9. The third-order valence-electron chi connectivity index (χ3n) is 1.94. The lowest BCUT2D eigenvalue weighted by molar-refractivity contribution is 0.917. The number of hydrogen-bond donors (Lipinski definition) is 0. The molecule has 0 fully saturated rings. The second-order valence-corrected chi connectivity index (χ2v) is 3.10. The summed E-state index contributed by atoms with van der Waals surface area (Å²) in [5.74, 6) is 0. The van der Waals surface area contributed by atoms with E-state index in [0.717, 1.165) is 16.9 Å². The minimum atomic E-state index is 0.594. The lowest BCUT2D eigenvalue weighted by atomic mass is 10.3. The summed E-state index contributed by atoms with van der Waals surface area (Å²) in [6.07, 6.45) is 1.69. The van der Waals surface area contributed by atoms with Gasteiger partial charge in [-0.3, -0.25) is 0 Å². The number of hydrogen-bond acceptors (Lipinski definition) is 2. The number of aryl methyl sites for hydroxylation is 2. The van der Waals surface area contributed by atoms with Crippen molar-refractivity contribution in [1.29, 1.82) is 0 Å². The van der Waals surface area contributed by atoms with Crippen LogP contribution >= 0.6 is 11.6 Å². The van der Waals surface area contributed by atoms with E-state index in [-0.39, 0.29) is 0 Å². The summed E-state index contributed by atoms with van der Waals surface area (Å²) in [5.41, 5.74) is 2.88. The molecule has 0 N–H and O–H groups in total. The standard InChI is InChI=1S/C8H8ClN3/c1-5-6(2)11-12-7(9)3-4-10-8(5)12/h3-4H,1-2H3. The Bertz CT molecular complexity index is 433. The van der Waals surface area contributed by atoms with Gasteiger partial charge >= 0.3 is 0 Å². The molecular weight excluding hydrogens is 174 g/mol. The fraction of sp³-hybridized carbons (Fsp3) is 0.250. The van der Waals surface area contributed by atoms with Gasteiger partial charge in [0.15, 0.2) is 5.65 Å². The predicted octanol–water partition coefficient (Wildman–Crippen LogP) is 2.00. The van der Waals surface area contributed by atoms with Crippen molar-refractivity contribution in [3.8, 4) is 0 Å². The second kappa shape index (κ2) is 2.45. The Kier molecular flexibility index (Phi) is 1.54. The first-order chi connectivity index (χ1) is 5.70. The van der Waals surface area contributed by atoms with Crippen LogP contribution in [0.3, 0.4) is 0 Å². The van der Waals surface area contributed by atoms with Crippen LogP contribution in [0.1, 0.15) is 11.3 Å². The first-order valence-electron chi connectivity index (χ1n) is 3.66. The Morgan fingerprint density at radius 3 is 2.83 bits per heavy atom. The van der Waals surface area contributed by atoms with Crippen molar-refractivity contribution in [2.24, 2.45) is 0 Å². The molecule has 0 radical (unpaired) electrons. The zero-order valence-corrected chi connectivity index (χ0v) is 7.63. The van der Waals surface area contributed by atoms with Crippen LogP contribution in [-0.2, 0) is 0 Å². The molecule has 0 unspecified atom stereocenters. The van der Waals surface area contributed by atoms with Gasteiger partial charge in [0.1, 0.15) is 5.15 Å². The molecule has 0 amide bonds. The molecule has 62 valence electrons. The molecule has 0 bridgehead atoms. The Hall–Kier alpha value is -1.09. The van der Waals surface area contributed by atoms with E-state index in [0.29, 0.717) is 5.15 Å². The zero-order valence-electron chi connectivity index (χ0n) is 6.87. The van der Waals surface area contributed by atoms with Crippen molar-refractivity contribution < 1.29 is 0 Å². The highest BCUT2D eigenvalue weighted by Gasteiger charge is 2.06. The van der Waals surface area contributed by atoms with Crippen molar-refractivity contribution in [2.45, 2.75) is 13.8 Å². The van der Waals surface area contributed by atoms with E-state index in [2.05, 4.69) is 10.1 Å². The smallest absolute Gasteiger partial charge is 0.159 e. The van der Waals surface area contributed by atoms with E-state index in [1.807, 2.05) is 13.8 Å². The molecule has 0 spiro atoms. The summed E-state index contributed by atoms with van der Waals surface area (Å²) in [7, 11) is 0. The van der Waals surface area contributed by atoms with Crippen LogP contribution in [0.15, 0.2) is 12.3 Å². The first kappa shape index (κ1) is 7.55. The van der Waals surface area contributed by atoms with Crippen LogP contribution in [-0.4, -0.2) is 14.6 Å². The zero-order chi connectivity index (χ0) is 8.72. The van der Waals surface area contributed by atoms with E-state index in [9.17, 15) is 0 Å². The summed E-state index contributed by atoms with van der Waals surface area (Å²) in [5, 5.41) is 4.83. The van der Waals surface area contributed by atoms with Crippen molar-refractivity contribution in [2.75, 3.05) is 0 Å². The molecule has 0 aromatic carbocycles. The Balaban J connectivity index is 2.95. The van der Waals surface area contributed by atoms with Gasteiger partial charge in [-0.25, -0.2) is 9.50 Å². The van der Waals surface area contributed by atoms with Crippen molar-refractivity contribution in [1.82, 2.24) is 14.6 Å². The highest BCUT2D eigenvalue weighted by Crippen LogP contribution is 2.15. The highest BCUT2D eigenvalue weighted by atomic mass is 35.5. The number of rotatable bonds is 0. The molecule has 12 heavy (non-hydrogen) atoms. The third-order valence-corrected chi connectivity index (χ3v) is 2.23. The summed E-state index contributed by atoms with van der Waals surface area (Å²) < 4.78 is 1.65. The van der Waals surface area contributed by atoms with Crippen LogP contribution in [0.25, 0.3) is 5.65 Å². The first-order valence-corrected chi connectivity index (χ1v) is 4.04. The van der Waals surface area contributed by atoms with E-state index < -0.39 is 0 Å². The van der Waals surface area contributed by atoms with E-state index >= 15 is 0 Å². The molecule has 0 atom stereocenters. The average molecular weight is 182 g/mol. The number of halogens is 1. The van der Waals surface area contributed by atoms with Gasteiger partial charge in [-0.1, -0.05) is 11.6 Å². The van der Waals surface area contributed by atoms with E-state index in [1.54, 1.807) is 16.8 Å². The van der Waals surface area contributed by atoms with E-state index in [4.69, 9.17) is 11.6 Å². The van der Waals surface area contributed by atoms with Crippen LogP contribution in [0.5, 0.6) is 0 Å². The molecule has 3 nitrogen and oxygen atoms in total.